The molecule has 3 aliphatic rings. The van der Waals surface area contributed by atoms with E-state index in [4.69, 9.17) is 10.5 Å². The maximum Gasteiger partial charge on any atom is 0.253 e. The van der Waals surface area contributed by atoms with Crippen LogP contribution < -0.4 is 16.0 Å². The Balaban J connectivity index is 1.77. The molecular weight excluding hydrogens is 373 g/mol. The Hall–Kier alpha value is -2.67. The predicted molar refractivity (Wildman–Crippen MR) is 109 cm³/mol. The topological polar surface area (TPSA) is 84.7 Å². The summed E-state index contributed by atoms with van der Waals surface area (Å²) in [6.45, 7) is 7.59. The van der Waals surface area contributed by atoms with Crippen molar-refractivity contribution in [3.63, 3.8) is 0 Å². The predicted octanol–water partition coefficient (Wildman–Crippen LogP) is 3.14. The van der Waals surface area contributed by atoms with Gasteiger partial charge in [0.15, 0.2) is 5.78 Å². The summed E-state index contributed by atoms with van der Waals surface area (Å²) in [6, 6.07) is 3.05. The fraction of sp³-hybridized carbons (Fsp3) is 0.455. The lowest BCUT2D eigenvalue weighted by Crippen LogP contribution is -2.29. The van der Waals surface area contributed by atoms with E-state index < -0.39 is 11.7 Å². The van der Waals surface area contributed by atoms with Crippen molar-refractivity contribution < 1.29 is 18.7 Å². The first-order chi connectivity index (χ1) is 13.7. The van der Waals surface area contributed by atoms with Crippen LogP contribution >= 0.6 is 0 Å². The maximum absolute atomic E-state index is 14.9. The van der Waals surface area contributed by atoms with Gasteiger partial charge in [-0.1, -0.05) is 19.9 Å². The summed E-state index contributed by atoms with van der Waals surface area (Å²) < 4.78 is 20.3. The number of carbonyl (C=O) groups is 2. The zero-order valence-electron chi connectivity index (χ0n) is 17.0. The van der Waals surface area contributed by atoms with Gasteiger partial charge in [0.05, 0.1) is 23.9 Å². The van der Waals surface area contributed by atoms with E-state index in [2.05, 4.69) is 11.4 Å². The highest BCUT2D eigenvalue weighted by Gasteiger charge is 2.38. The van der Waals surface area contributed by atoms with Gasteiger partial charge in [0.2, 0.25) is 0 Å². The molecule has 1 fully saturated rings. The molecule has 2 aliphatic heterocycles. The molecule has 1 aromatic rings. The average molecular weight is 399 g/mol. The van der Waals surface area contributed by atoms with Gasteiger partial charge < -0.3 is 20.7 Å². The SMILES string of the molecule is CC1=C2C(=O)CC(C)(C)C=C2N(c2cc(F)c(C(N)=O)c(N[C@H]3CCOC3)c2)C1. The molecule has 0 aromatic heterocycles. The van der Waals surface area contributed by atoms with E-state index >= 15 is 0 Å². The van der Waals surface area contributed by atoms with Crippen molar-refractivity contribution in [3.05, 3.63) is 46.4 Å². The normalized spacial score (nSPS) is 23.3. The summed E-state index contributed by atoms with van der Waals surface area (Å²) in [7, 11) is 0. The molecule has 0 unspecified atom stereocenters. The minimum atomic E-state index is -0.819. The molecule has 1 atom stereocenters. The van der Waals surface area contributed by atoms with Gasteiger partial charge in [-0.05, 0) is 36.5 Å². The molecule has 7 heteroatoms. The van der Waals surface area contributed by atoms with Gasteiger partial charge in [0.25, 0.3) is 5.91 Å². The summed E-state index contributed by atoms with van der Waals surface area (Å²) in [5, 5.41) is 3.21. The third kappa shape index (κ3) is 3.55. The van der Waals surface area contributed by atoms with Crippen molar-refractivity contribution in [1.29, 1.82) is 0 Å². The molecule has 0 bridgehead atoms. The third-order valence-corrected chi connectivity index (χ3v) is 5.71. The van der Waals surface area contributed by atoms with Crippen LogP contribution in [0.15, 0.2) is 35.1 Å². The minimum Gasteiger partial charge on any atom is -0.379 e. The average Bonchev–Trinajstić information content (AvgIpc) is 3.20. The summed E-state index contributed by atoms with van der Waals surface area (Å²) in [4.78, 5) is 26.5. The summed E-state index contributed by atoms with van der Waals surface area (Å²) in [5.74, 6) is -1.38. The number of nitrogens with two attached hydrogens (primary N) is 1. The van der Waals surface area contributed by atoms with Crippen LogP contribution in [0.4, 0.5) is 15.8 Å². The van der Waals surface area contributed by atoms with Gasteiger partial charge in [-0.25, -0.2) is 4.39 Å². The van der Waals surface area contributed by atoms with Crippen LogP contribution in [0, 0.1) is 11.2 Å². The highest BCUT2D eigenvalue weighted by atomic mass is 19.1. The number of fused-ring (bicyclic) bond motifs is 1. The largest absolute Gasteiger partial charge is 0.379 e. The van der Waals surface area contributed by atoms with Crippen LogP contribution in [-0.2, 0) is 9.53 Å². The van der Waals surface area contributed by atoms with E-state index in [1.807, 2.05) is 25.7 Å². The minimum absolute atomic E-state index is 0.00819. The second-order valence-corrected chi connectivity index (χ2v) is 8.78. The smallest absolute Gasteiger partial charge is 0.253 e. The molecule has 0 radical (unpaired) electrons. The van der Waals surface area contributed by atoms with E-state index in [0.717, 1.165) is 23.3 Å². The van der Waals surface area contributed by atoms with Crippen molar-refractivity contribution in [2.75, 3.05) is 30.0 Å². The number of allylic oxidation sites excluding steroid dienone is 2. The third-order valence-electron chi connectivity index (χ3n) is 5.71. The molecule has 154 valence electrons. The number of ether oxygens (including phenoxy) is 1. The Morgan fingerprint density at radius 3 is 2.79 bits per heavy atom. The number of primary amides is 1. The van der Waals surface area contributed by atoms with E-state index in [1.165, 1.54) is 6.07 Å². The molecule has 0 spiro atoms. The second kappa shape index (κ2) is 6.99. The quantitative estimate of drug-likeness (QED) is 0.813. The highest BCUT2D eigenvalue weighted by Crippen LogP contribution is 2.43. The number of carbonyl (C=O) groups excluding carboxylic acids is 2. The van der Waals surface area contributed by atoms with Crippen LogP contribution in [0.1, 0.15) is 44.0 Å². The first kappa shape index (κ1) is 19.6. The highest BCUT2D eigenvalue weighted by molar-refractivity contribution is 6.05. The first-order valence-electron chi connectivity index (χ1n) is 9.87. The van der Waals surface area contributed by atoms with Gasteiger partial charge >= 0.3 is 0 Å². The lowest BCUT2D eigenvalue weighted by atomic mass is 9.78. The summed E-state index contributed by atoms with van der Waals surface area (Å²) >= 11 is 0. The van der Waals surface area contributed by atoms with Gasteiger partial charge in [-0.2, -0.15) is 0 Å². The molecule has 1 aliphatic carbocycles. The number of nitrogens with one attached hydrogen (secondary N) is 1. The number of hydrogen-bond acceptors (Lipinski definition) is 5. The first-order valence-corrected chi connectivity index (χ1v) is 9.87. The van der Waals surface area contributed by atoms with E-state index in [1.54, 1.807) is 6.07 Å². The van der Waals surface area contributed by atoms with Crippen LogP contribution in [0.25, 0.3) is 0 Å². The maximum atomic E-state index is 14.9. The molecule has 1 aromatic carbocycles. The van der Waals surface area contributed by atoms with Crippen molar-refractivity contribution in [2.24, 2.45) is 11.1 Å². The molecule has 4 rings (SSSR count). The number of nitrogens with zero attached hydrogens (tertiary/aromatic N) is 1. The number of ketones is 1. The van der Waals surface area contributed by atoms with Gasteiger partial charge in [-0.3, -0.25) is 9.59 Å². The number of amides is 1. The number of halogens is 1. The number of benzene rings is 1. The molecule has 6 nitrogen and oxygen atoms in total. The molecule has 0 saturated carbocycles. The summed E-state index contributed by atoms with van der Waals surface area (Å²) in [6.07, 6.45) is 3.31. The van der Waals surface area contributed by atoms with Crippen LogP contribution in [-0.4, -0.2) is 37.5 Å². The fourth-order valence-electron chi connectivity index (χ4n) is 4.42. The standard InChI is InChI=1S/C22H26FN3O3/c1-12-10-26(17-8-22(2,3)9-18(27)19(12)17)14-6-15(23)20(21(24)28)16(7-14)25-13-4-5-29-11-13/h6-8,13,25H,4-5,9-11H2,1-3H3,(H2,24,28)/t13-/m0/s1. The lowest BCUT2D eigenvalue weighted by Gasteiger charge is -2.31. The zero-order valence-corrected chi connectivity index (χ0v) is 17.0. The Labute approximate surface area is 169 Å². The van der Waals surface area contributed by atoms with Gasteiger partial charge in [0, 0.05) is 36.5 Å². The summed E-state index contributed by atoms with van der Waals surface area (Å²) in [5.41, 5.74) is 8.47. The Morgan fingerprint density at radius 2 is 2.14 bits per heavy atom. The zero-order chi connectivity index (χ0) is 20.9. The molecule has 3 N–H and O–H groups in total. The van der Waals surface area contributed by atoms with Crippen LogP contribution in [0.2, 0.25) is 0 Å². The number of Topliss-reactive ketones (excluding diaryl/α,β-unsaturated/α-hetero) is 1. The number of rotatable bonds is 4. The van der Waals surface area contributed by atoms with Crippen molar-refractivity contribution in [1.82, 2.24) is 0 Å². The van der Waals surface area contributed by atoms with Gasteiger partial charge in [-0.15, -0.1) is 0 Å². The number of anilines is 2. The molecule has 1 amide bonds. The Morgan fingerprint density at radius 1 is 1.38 bits per heavy atom. The number of hydrogen-bond donors (Lipinski definition) is 2. The van der Waals surface area contributed by atoms with Crippen molar-refractivity contribution >= 4 is 23.1 Å². The Kier molecular flexibility index (Phi) is 4.73. The second-order valence-electron chi connectivity index (χ2n) is 8.78. The lowest BCUT2D eigenvalue weighted by molar-refractivity contribution is -0.117. The molecule has 1 saturated heterocycles. The Bertz CT molecular complexity index is 958. The van der Waals surface area contributed by atoms with Crippen molar-refractivity contribution in [3.8, 4) is 0 Å². The van der Waals surface area contributed by atoms with E-state index in [9.17, 15) is 14.0 Å². The van der Waals surface area contributed by atoms with Crippen LogP contribution in [0.5, 0.6) is 0 Å². The molecular formula is C22H26FN3O3. The van der Waals surface area contributed by atoms with Gasteiger partial charge in [0.1, 0.15) is 5.82 Å². The van der Waals surface area contributed by atoms with Crippen molar-refractivity contribution in [2.45, 2.75) is 39.7 Å². The fourth-order valence-corrected chi connectivity index (χ4v) is 4.42. The monoisotopic (exact) mass is 399 g/mol. The molecule has 2 heterocycles. The molecule has 29 heavy (non-hydrogen) atoms. The van der Waals surface area contributed by atoms with Crippen LogP contribution in [0.3, 0.4) is 0 Å². The van der Waals surface area contributed by atoms with E-state index in [-0.39, 0.29) is 22.8 Å². The van der Waals surface area contributed by atoms with E-state index in [0.29, 0.717) is 37.6 Å².